The molecule has 10 nitrogen and oxygen atoms in total. The van der Waals surface area contributed by atoms with E-state index in [-0.39, 0.29) is 24.0 Å². The van der Waals surface area contributed by atoms with Crippen LogP contribution in [0.4, 0.5) is 5.82 Å². The van der Waals surface area contributed by atoms with Crippen LogP contribution in [0.15, 0.2) is 58.3 Å². The number of phenols is 1. The standard InChI is InChI=1S/C18H15N7O3/c19-17-16(23-28-24-17)18-21-12-6-2-3-7-13(12)25(18)10-15(27)22-20-9-11-5-1-4-8-14(11)26/h1-9H,10H2,(H4,19,20,21,22,23,24,26,27)/p+1. The summed E-state index contributed by atoms with van der Waals surface area (Å²) in [6.45, 7) is -0.0518. The van der Waals surface area contributed by atoms with Crippen LogP contribution in [0.2, 0.25) is 0 Å². The first-order valence-electron chi connectivity index (χ1n) is 8.32. The number of aromatic hydroxyl groups is 1. The molecule has 0 saturated heterocycles. The van der Waals surface area contributed by atoms with Crippen LogP contribution in [-0.4, -0.2) is 32.5 Å². The van der Waals surface area contributed by atoms with Crippen LogP contribution in [0.1, 0.15) is 5.56 Å². The number of hydrogen-bond donors (Lipinski definition) is 4. The van der Waals surface area contributed by atoms with E-state index in [0.29, 0.717) is 17.1 Å². The number of anilines is 1. The number of hydrazone groups is 1. The van der Waals surface area contributed by atoms with Gasteiger partial charge < -0.3 is 10.8 Å². The maximum atomic E-state index is 12.4. The number of nitrogens with one attached hydrogen (secondary N) is 2. The zero-order valence-electron chi connectivity index (χ0n) is 14.5. The average molecular weight is 378 g/mol. The number of nitrogen functional groups attached to an aromatic ring is 1. The van der Waals surface area contributed by atoms with Gasteiger partial charge in [0.25, 0.3) is 5.91 Å². The molecule has 4 aromatic rings. The number of nitrogens with two attached hydrogens (primary N) is 1. The molecule has 0 aliphatic heterocycles. The van der Waals surface area contributed by atoms with Gasteiger partial charge in [0, 0.05) is 5.56 Å². The van der Waals surface area contributed by atoms with E-state index in [1.807, 2.05) is 24.3 Å². The van der Waals surface area contributed by atoms with Crippen molar-refractivity contribution in [3.63, 3.8) is 0 Å². The Morgan fingerprint density at radius 1 is 1.25 bits per heavy atom. The Hall–Kier alpha value is -4.21. The molecule has 0 saturated carbocycles. The van der Waals surface area contributed by atoms with Crippen LogP contribution in [0.3, 0.4) is 0 Å². The predicted molar refractivity (Wildman–Crippen MR) is 100 cm³/mol. The Kier molecular flexibility index (Phi) is 4.42. The Bertz CT molecular complexity index is 1180. The highest BCUT2D eigenvalue weighted by atomic mass is 16.6. The summed E-state index contributed by atoms with van der Waals surface area (Å²) >= 11 is 0. The number of H-pyrrole nitrogens is 1. The molecule has 0 radical (unpaired) electrons. The van der Waals surface area contributed by atoms with E-state index in [2.05, 4.69) is 30.5 Å². The molecule has 140 valence electrons. The summed E-state index contributed by atoms with van der Waals surface area (Å²) in [7, 11) is 0. The van der Waals surface area contributed by atoms with Gasteiger partial charge in [0.15, 0.2) is 17.6 Å². The van der Waals surface area contributed by atoms with Gasteiger partial charge >= 0.3 is 5.82 Å². The second kappa shape index (κ2) is 7.19. The molecule has 0 atom stereocenters. The fourth-order valence-electron chi connectivity index (χ4n) is 2.79. The summed E-state index contributed by atoms with van der Waals surface area (Å²) in [6, 6.07) is 14.1. The number of hydrogen-bond acceptors (Lipinski definition) is 7. The number of carbonyl (C=O) groups is 1. The van der Waals surface area contributed by atoms with E-state index in [1.54, 1.807) is 22.8 Å². The minimum Gasteiger partial charge on any atom is -0.507 e. The first kappa shape index (κ1) is 17.2. The molecular weight excluding hydrogens is 362 g/mol. The number of rotatable bonds is 5. The Balaban J connectivity index is 1.60. The molecule has 28 heavy (non-hydrogen) atoms. The number of benzene rings is 2. The zero-order valence-corrected chi connectivity index (χ0v) is 14.5. The number of carbonyl (C=O) groups excluding carboxylic acids is 1. The normalized spacial score (nSPS) is 11.3. The van der Waals surface area contributed by atoms with Crippen molar-refractivity contribution in [2.45, 2.75) is 6.54 Å². The third-order valence-corrected chi connectivity index (χ3v) is 4.09. The van der Waals surface area contributed by atoms with Gasteiger partial charge in [-0.1, -0.05) is 24.3 Å². The molecule has 0 aliphatic rings. The summed E-state index contributed by atoms with van der Waals surface area (Å²) in [4.78, 5) is 15.6. The lowest BCUT2D eigenvalue weighted by Crippen LogP contribution is -2.42. The first-order chi connectivity index (χ1) is 13.6. The third-order valence-electron chi connectivity index (χ3n) is 4.09. The average Bonchev–Trinajstić information content (AvgIpc) is 3.27. The van der Waals surface area contributed by atoms with E-state index in [0.717, 1.165) is 11.0 Å². The van der Waals surface area contributed by atoms with Crippen molar-refractivity contribution in [2.75, 3.05) is 5.73 Å². The van der Waals surface area contributed by atoms with Crippen molar-refractivity contribution in [3.8, 4) is 17.3 Å². The van der Waals surface area contributed by atoms with Crippen molar-refractivity contribution < 1.29 is 19.1 Å². The van der Waals surface area contributed by atoms with Gasteiger partial charge in [-0.25, -0.2) is 19.6 Å². The lowest BCUT2D eigenvalue weighted by Gasteiger charge is -2.01. The Morgan fingerprint density at radius 3 is 2.82 bits per heavy atom. The topological polar surface area (TPSA) is 146 Å². The first-order valence-corrected chi connectivity index (χ1v) is 8.32. The van der Waals surface area contributed by atoms with Crippen LogP contribution in [0.25, 0.3) is 22.6 Å². The highest BCUT2D eigenvalue weighted by Crippen LogP contribution is 2.20. The quantitative estimate of drug-likeness (QED) is 0.231. The van der Waals surface area contributed by atoms with E-state index >= 15 is 0 Å². The van der Waals surface area contributed by atoms with Gasteiger partial charge in [0.05, 0.1) is 6.21 Å². The number of amides is 1. The summed E-state index contributed by atoms with van der Waals surface area (Å²) < 4.78 is 6.38. The van der Waals surface area contributed by atoms with Gasteiger partial charge in [0.1, 0.15) is 5.75 Å². The summed E-state index contributed by atoms with van der Waals surface area (Å²) in [5, 5.41) is 21.0. The maximum absolute atomic E-state index is 12.4. The van der Waals surface area contributed by atoms with Crippen molar-refractivity contribution in [3.05, 3.63) is 54.1 Å². The highest BCUT2D eigenvalue weighted by Gasteiger charge is 2.27. The second-order valence-corrected chi connectivity index (χ2v) is 5.93. The van der Waals surface area contributed by atoms with E-state index in [4.69, 9.17) is 5.73 Å². The SMILES string of the molecule is Nc1nonc1-c1[nH]c2ccccc2[n+]1CC(=O)N/N=C/c1ccccc1O. The predicted octanol–water partition coefficient (Wildman–Crippen LogP) is 0.943. The molecule has 0 unspecified atom stereocenters. The number of phenolic OH excluding ortho intramolecular Hbond substituents is 1. The summed E-state index contributed by atoms with van der Waals surface area (Å²) in [5.74, 6) is 0.290. The molecule has 4 rings (SSSR count). The molecule has 0 spiro atoms. The van der Waals surface area contributed by atoms with Crippen molar-refractivity contribution >= 4 is 29.0 Å². The van der Waals surface area contributed by atoms with Gasteiger partial charge in [0.2, 0.25) is 11.5 Å². The number of imidazole rings is 1. The van der Waals surface area contributed by atoms with Crippen molar-refractivity contribution in [2.24, 2.45) is 5.10 Å². The minimum absolute atomic E-state index is 0.0518. The molecule has 2 heterocycles. The van der Waals surface area contributed by atoms with Crippen LogP contribution in [0.5, 0.6) is 5.75 Å². The minimum atomic E-state index is -0.377. The fraction of sp³-hybridized carbons (Fsp3) is 0.0556. The number of aromatic nitrogens is 4. The second-order valence-electron chi connectivity index (χ2n) is 5.93. The number of nitrogens with zero attached hydrogens (tertiary/aromatic N) is 4. The van der Waals surface area contributed by atoms with Gasteiger partial charge in [-0.05, 0) is 34.6 Å². The highest BCUT2D eigenvalue weighted by molar-refractivity contribution is 5.85. The molecule has 5 N–H and O–H groups in total. The lowest BCUT2D eigenvalue weighted by molar-refractivity contribution is -0.647. The molecule has 2 aromatic heterocycles. The number of fused-ring (bicyclic) bond motifs is 1. The van der Waals surface area contributed by atoms with Crippen LogP contribution >= 0.6 is 0 Å². The molecule has 1 amide bonds. The third kappa shape index (κ3) is 3.26. The largest absolute Gasteiger partial charge is 0.507 e. The van der Waals surface area contributed by atoms with Gasteiger partial charge in [-0.15, -0.1) is 0 Å². The van der Waals surface area contributed by atoms with E-state index in [9.17, 15) is 9.90 Å². The Morgan fingerprint density at radius 2 is 2.04 bits per heavy atom. The zero-order chi connectivity index (χ0) is 19.5. The molecule has 0 aliphatic carbocycles. The van der Waals surface area contributed by atoms with Crippen molar-refractivity contribution in [1.29, 1.82) is 0 Å². The van der Waals surface area contributed by atoms with Crippen LogP contribution < -0.4 is 15.7 Å². The number of aromatic amines is 1. The molecule has 10 heteroatoms. The van der Waals surface area contributed by atoms with Gasteiger partial charge in [-0.3, -0.25) is 4.79 Å². The van der Waals surface area contributed by atoms with Crippen LogP contribution in [0, 0.1) is 0 Å². The fourth-order valence-corrected chi connectivity index (χ4v) is 2.79. The lowest BCUT2D eigenvalue weighted by atomic mass is 10.2. The summed E-state index contributed by atoms with van der Waals surface area (Å²) in [5.41, 5.74) is 10.6. The van der Waals surface area contributed by atoms with E-state index < -0.39 is 0 Å². The summed E-state index contributed by atoms with van der Waals surface area (Å²) in [6.07, 6.45) is 1.37. The molecule has 2 aromatic carbocycles. The smallest absolute Gasteiger partial charge is 0.314 e. The van der Waals surface area contributed by atoms with E-state index in [1.165, 1.54) is 12.3 Å². The number of para-hydroxylation sites is 3. The van der Waals surface area contributed by atoms with Crippen molar-refractivity contribution in [1.82, 2.24) is 20.7 Å². The molecular formula is C18H16N7O3+. The Labute approximate surface area is 158 Å². The monoisotopic (exact) mass is 378 g/mol. The van der Waals surface area contributed by atoms with Crippen LogP contribution in [-0.2, 0) is 11.3 Å². The molecule has 0 fully saturated rings. The van der Waals surface area contributed by atoms with Gasteiger partial charge in [-0.2, -0.15) is 5.10 Å². The molecule has 0 bridgehead atoms. The maximum Gasteiger partial charge on any atom is 0.314 e.